The Morgan fingerprint density at radius 3 is 1.37 bits per heavy atom. The number of nitrogens with zero attached hydrogens (tertiary/aromatic N) is 5. The minimum absolute atomic E-state index is 0.581. The molecule has 0 aliphatic rings. The summed E-state index contributed by atoms with van der Waals surface area (Å²) in [4.78, 5) is 15.8. The van der Waals surface area contributed by atoms with Crippen LogP contribution in [0.2, 0.25) is 0 Å². The normalized spacial score (nSPS) is 11.8. The molecule has 0 aliphatic carbocycles. The van der Waals surface area contributed by atoms with Gasteiger partial charge in [-0.1, -0.05) is 182 Å². The van der Waals surface area contributed by atoms with Gasteiger partial charge in [-0.3, -0.25) is 4.57 Å². The lowest BCUT2D eigenvalue weighted by atomic mass is 10.0. The molecule has 294 valence electrons. The first-order valence-electron chi connectivity index (χ1n) is 21.2. The van der Waals surface area contributed by atoms with Crippen molar-refractivity contribution < 1.29 is 0 Å². The van der Waals surface area contributed by atoms with Crippen LogP contribution < -0.4 is 0 Å². The van der Waals surface area contributed by atoms with Crippen molar-refractivity contribution in [1.29, 1.82) is 0 Å². The van der Waals surface area contributed by atoms with Crippen LogP contribution in [0.4, 0.5) is 0 Å². The van der Waals surface area contributed by atoms with Crippen molar-refractivity contribution >= 4 is 75.1 Å². The zero-order valence-electron chi connectivity index (χ0n) is 33.9. The fraction of sp³-hybridized carbons (Fsp3) is 0. The number of benzene rings is 9. The Hall–Kier alpha value is -8.19. The first-order chi connectivity index (χ1) is 31.2. The number of aromatic nitrogens is 5. The second-order valence-electron chi connectivity index (χ2n) is 16.0. The Morgan fingerprint density at radius 1 is 0.302 bits per heavy atom. The van der Waals surface area contributed by atoms with Gasteiger partial charge in [0.25, 0.3) is 0 Å². The molecule has 0 saturated heterocycles. The van der Waals surface area contributed by atoms with E-state index in [9.17, 15) is 0 Å². The van der Waals surface area contributed by atoms with Crippen LogP contribution in [0, 0.1) is 0 Å². The Labute approximate surface area is 366 Å². The monoisotopic (exact) mass is 821 g/mol. The molecule has 13 aromatic rings. The minimum Gasteiger partial charge on any atom is -0.308 e. The van der Waals surface area contributed by atoms with Gasteiger partial charge in [0.05, 0.1) is 31.5 Å². The third-order valence-corrected chi connectivity index (χ3v) is 13.6. The standard InChI is InChI=1S/C57H35N5S/c1-4-15-36(16-5-1)38-27-29-42(30-28-38)61-49-25-12-10-23-43(49)45-31-33-47-48-34-32-46-44-24-11-13-26-50(44)62(52(46)54(48)63-53(47)51(45)61)57-59-55(39-19-8-3-9-20-39)58-56(60-57)41-22-14-21-40(35-41)37-17-6-2-7-18-37/h1-35H. The van der Waals surface area contributed by atoms with Crippen LogP contribution in [0.3, 0.4) is 0 Å². The third kappa shape index (κ3) is 5.66. The molecule has 0 aliphatic heterocycles. The highest BCUT2D eigenvalue weighted by atomic mass is 32.1. The topological polar surface area (TPSA) is 48.5 Å². The van der Waals surface area contributed by atoms with Crippen molar-refractivity contribution in [3.05, 3.63) is 212 Å². The molecular formula is C57H35N5S. The van der Waals surface area contributed by atoms with Crippen LogP contribution in [0.25, 0.3) is 120 Å². The maximum atomic E-state index is 5.37. The maximum absolute atomic E-state index is 5.37. The second kappa shape index (κ2) is 14.2. The van der Waals surface area contributed by atoms with Crippen molar-refractivity contribution in [2.75, 3.05) is 0 Å². The Bertz CT molecular complexity index is 3890. The minimum atomic E-state index is 0.581. The predicted octanol–water partition coefficient (Wildman–Crippen LogP) is 15.1. The average Bonchev–Trinajstić information content (AvgIpc) is 4.03. The summed E-state index contributed by atoms with van der Waals surface area (Å²) >= 11 is 1.86. The fourth-order valence-electron chi connectivity index (χ4n) is 9.48. The average molecular weight is 822 g/mol. The number of hydrogen-bond donors (Lipinski definition) is 0. The smallest absolute Gasteiger partial charge is 0.238 e. The van der Waals surface area contributed by atoms with E-state index in [0.717, 1.165) is 49.7 Å². The van der Waals surface area contributed by atoms with E-state index in [4.69, 9.17) is 15.0 Å². The zero-order valence-corrected chi connectivity index (χ0v) is 34.7. The van der Waals surface area contributed by atoms with Gasteiger partial charge in [-0.15, -0.1) is 11.3 Å². The van der Waals surface area contributed by atoms with Crippen LogP contribution in [-0.4, -0.2) is 24.1 Å². The van der Waals surface area contributed by atoms with E-state index in [1.54, 1.807) is 0 Å². The maximum Gasteiger partial charge on any atom is 0.238 e. The SMILES string of the molecule is c1ccc(-c2ccc(-n3c4ccccc4c4ccc5c6ccc7c8ccccc8n(-c8nc(-c9ccccc9)nc(-c9cccc(-c%10ccccc%10)c9)n8)c7c6sc5c43)cc2)cc1. The molecular weight excluding hydrogens is 787 g/mol. The van der Waals surface area contributed by atoms with Crippen LogP contribution in [0.15, 0.2) is 212 Å². The molecule has 13 rings (SSSR count). The van der Waals surface area contributed by atoms with Crippen molar-refractivity contribution in [1.82, 2.24) is 24.1 Å². The van der Waals surface area contributed by atoms with E-state index in [2.05, 4.69) is 197 Å². The molecule has 0 N–H and O–H groups in total. The molecule has 0 amide bonds. The van der Waals surface area contributed by atoms with Crippen LogP contribution in [-0.2, 0) is 0 Å². The van der Waals surface area contributed by atoms with Gasteiger partial charge in [-0.2, -0.15) is 9.97 Å². The first-order valence-corrected chi connectivity index (χ1v) is 22.0. The third-order valence-electron chi connectivity index (χ3n) is 12.4. The molecule has 0 saturated carbocycles. The Balaban J connectivity index is 1.09. The fourth-order valence-corrected chi connectivity index (χ4v) is 10.9. The number of rotatable bonds is 6. The Morgan fingerprint density at radius 2 is 0.746 bits per heavy atom. The van der Waals surface area contributed by atoms with Crippen molar-refractivity contribution in [3.8, 4) is 56.7 Å². The molecule has 4 aromatic heterocycles. The number of para-hydroxylation sites is 2. The van der Waals surface area contributed by atoms with Crippen LogP contribution >= 0.6 is 11.3 Å². The van der Waals surface area contributed by atoms with Gasteiger partial charge in [0.15, 0.2) is 11.6 Å². The number of hydrogen-bond acceptors (Lipinski definition) is 4. The zero-order chi connectivity index (χ0) is 41.4. The summed E-state index contributed by atoms with van der Waals surface area (Å²) in [6, 6.07) is 75.4. The summed E-state index contributed by atoms with van der Waals surface area (Å²) in [5, 5.41) is 7.22. The molecule has 63 heavy (non-hydrogen) atoms. The largest absolute Gasteiger partial charge is 0.308 e. The quantitative estimate of drug-likeness (QED) is 0.168. The lowest BCUT2D eigenvalue weighted by molar-refractivity contribution is 0.955. The van der Waals surface area contributed by atoms with E-state index < -0.39 is 0 Å². The van der Waals surface area contributed by atoms with Crippen LogP contribution in [0.1, 0.15) is 0 Å². The summed E-state index contributed by atoms with van der Waals surface area (Å²) in [5.74, 6) is 1.83. The van der Waals surface area contributed by atoms with E-state index in [0.29, 0.717) is 17.6 Å². The predicted molar refractivity (Wildman–Crippen MR) is 263 cm³/mol. The molecule has 0 atom stereocenters. The van der Waals surface area contributed by atoms with E-state index >= 15 is 0 Å². The summed E-state index contributed by atoms with van der Waals surface area (Å²) in [6.45, 7) is 0. The lowest BCUT2D eigenvalue weighted by Crippen LogP contribution is -2.06. The summed E-state index contributed by atoms with van der Waals surface area (Å²) in [5.41, 5.74) is 12.2. The summed E-state index contributed by atoms with van der Waals surface area (Å²) < 4.78 is 7.17. The van der Waals surface area contributed by atoms with E-state index in [1.807, 2.05) is 35.6 Å². The van der Waals surface area contributed by atoms with E-state index in [1.165, 1.54) is 53.1 Å². The molecule has 6 heteroatoms. The molecule has 5 nitrogen and oxygen atoms in total. The van der Waals surface area contributed by atoms with Gasteiger partial charge in [0.2, 0.25) is 5.95 Å². The molecule has 0 radical (unpaired) electrons. The van der Waals surface area contributed by atoms with Gasteiger partial charge in [0, 0.05) is 49.1 Å². The van der Waals surface area contributed by atoms with Crippen LogP contribution in [0.5, 0.6) is 0 Å². The van der Waals surface area contributed by atoms with Crippen molar-refractivity contribution in [3.63, 3.8) is 0 Å². The number of thiophene rings is 1. The highest BCUT2D eigenvalue weighted by Gasteiger charge is 2.23. The molecule has 9 aromatic carbocycles. The van der Waals surface area contributed by atoms with Gasteiger partial charge in [0.1, 0.15) is 0 Å². The van der Waals surface area contributed by atoms with Gasteiger partial charge in [-0.25, -0.2) is 4.98 Å². The Kier molecular flexibility index (Phi) is 8.01. The van der Waals surface area contributed by atoms with Gasteiger partial charge in [-0.05, 0) is 52.6 Å². The van der Waals surface area contributed by atoms with Gasteiger partial charge >= 0.3 is 0 Å². The number of fused-ring (bicyclic) bond motifs is 11. The highest BCUT2D eigenvalue weighted by Crippen LogP contribution is 2.47. The van der Waals surface area contributed by atoms with Crippen molar-refractivity contribution in [2.45, 2.75) is 0 Å². The van der Waals surface area contributed by atoms with Gasteiger partial charge < -0.3 is 4.57 Å². The van der Waals surface area contributed by atoms with Crippen molar-refractivity contribution in [2.24, 2.45) is 0 Å². The molecule has 0 spiro atoms. The summed E-state index contributed by atoms with van der Waals surface area (Å²) in [7, 11) is 0. The summed E-state index contributed by atoms with van der Waals surface area (Å²) in [6.07, 6.45) is 0. The molecule has 0 unspecified atom stereocenters. The molecule has 0 fully saturated rings. The lowest BCUT2D eigenvalue weighted by Gasteiger charge is -2.12. The first kappa shape index (κ1) is 35.6. The molecule has 4 heterocycles. The second-order valence-corrected chi connectivity index (χ2v) is 17.0. The highest BCUT2D eigenvalue weighted by molar-refractivity contribution is 7.27. The van der Waals surface area contributed by atoms with E-state index in [-0.39, 0.29) is 0 Å². The molecule has 0 bridgehead atoms.